The van der Waals surface area contributed by atoms with Crippen molar-refractivity contribution in [3.63, 3.8) is 0 Å². The maximum absolute atomic E-state index is 13.3. The van der Waals surface area contributed by atoms with Gasteiger partial charge in [-0.25, -0.2) is 4.39 Å². The van der Waals surface area contributed by atoms with Gasteiger partial charge in [-0.2, -0.15) is 0 Å². The summed E-state index contributed by atoms with van der Waals surface area (Å²) in [5, 5.41) is 3.18. The molecule has 1 amide bonds. The average Bonchev–Trinajstić information content (AvgIpc) is 3.16. The quantitative estimate of drug-likeness (QED) is 0.788. The Morgan fingerprint density at radius 2 is 1.89 bits per heavy atom. The molecule has 2 aromatic rings. The molecule has 0 saturated heterocycles. The van der Waals surface area contributed by atoms with Gasteiger partial charge in [0.25, 0.3) is 0 Å². The number of ether oxygens (including phenoxy) is 2. The van der Waals surface area contributed by atoms with Gasteiger partial charge in [-0.1, -0.05) is 37.1 Å². The Morgan fingerprint density at radius 3 is 2.56 bits per heavy atom. The van der Waals surface area contributed by atoms with E-state index in [-0.39, 0.29) is 11.7 Å². The smallest absolute Gasteiger partial charge is 0.249 e. The SMILES string of the molecule is COc1cccc(COC(C)C(=O)NC2(c3ccc(F)cc3)CCCC2)c1. The second-order valence-electron chi connectivity index (χ2n) is 7.09. The van der Waals surface area contributed by atoms with E-state index >= 15 is 0 Å². The van der Waals surface area contributed by atoms with Gasteiger partial charge in [0.15, 0.2) is 0 Å². The molecule has 3 rings (SSSR count). The van der Waals surface area contributed by atoms with Crippen LogP contribution < -0.4 is 10.1 Å². The van der Waals surface area contributed by atoms with Crippen LogP contribution in [-0.4, -0.2) is 19.1 Å². The van der Waals surface area contributed by atoms with Crippen LogP contribution in [0, 0.1) is 5.82 Å². The van der Waals surface area contributed by atoms with E-state index in [2.05, 4.69) is 5.32 Å². The fourth-order valence-electron chi connectivity index (χ4n) is 3.63. The standard InChI is InChI=1S/C22H26FNO3/c1-16(27-15-17-6-5-7-20(14-17)26-2)21(25)24-22(12-3-4-13-22)18-8-10-19(23)11-9-18/h5-11,14,16H,3-4,12-13,15H2,1-2H3,(H,24,25). The number of methoxy groups -OCH3 is 1. The fourth-order valence-corrected chi connectivity index (χ4v) is 3.63. The van der Waals surface area contributed by atoms with E-state index in [1.165, 1.54) is 12.1 Å². The van der Waals surface area contributed by atoms with E-state index < -0.39 is 11.6 Å². The van der Waals surface area contributed by atoms with Crippen molar-refractivity contribution in [2.24, 2.45) is 0 Å². The molecule has 144 valence electrons. The number of nitrogens with one attached hydrogen (secondary N) is 1. The molecule has 0 bridgehead atoms. The minimum absolute atomic E-state index is 0.149. The zero-order chi connectivity index (χ0) is 19.3. The van der Waals surface area contributed by atoms with E-state index in [0.717, 1.165) is 42.6 Å². The summed E-state index contributed by atoms with van der Waals surface area (Å²) in [5.74, 6) is 0.340. The number of hydrogen-bond acceptors (Lipinski definition) is 3. The molecule has 1 aliphatic rings. The van der Waals surface area contributed by atoms with Crippen LogP contribution in [0.3, 0.4) is 0 Å². The molecule has 4 nitrogen and oxygen atoms in total. The Kier molecular flexibility index (Phi) is 6.11. The van der Waals surface area contributed by atoms with Crippen molar-refractivity contribution in [1.82, 2.24) is 5.32 Å². The molecule has 0 heterocycles. The fraction of sp³-hybridized carbons (Fsp3) is 0.409. The van der Waals surface area contributed by atoms with E-state index in [9.17, 15) is 9.18 Å². The molecule has 0 spiro atoms. The summed E-state index contributed by atoms with van der Waals surface area (Å²) in [6.07, 6.45) is 3.20. The summed E-state index contributed by atoms with van der Waals surface area (Å²) in [4.78, 5) is 12.8. The zero-order valence-corrected chi connectivity index (χ0v) is 15.8. The largest absolute Gasteiger partial charge is 0.497 e. The first-order valence-corrected chi connectivity index (χ1v) is 9.35. The summed E-state index contributed by atoms with van der Waals surface area (Å²) in [7, 11) is 1.62. The van der Waals surface area contributed by atoms with Crippen molar-refractivity contribution < 1.29 is 18.7 Å². The monoisotopic (exact) mass is 371 g/mol. The number of carbonyl (C=O) groups excluding carboxylic acids is 1. The van der Waals surface area contributed by atoms with Crippen LogP contribution in [0.4, 0.5) is 4.39 Å². The highest BCUT2D eigenvalue weighted by atomic mass is 19.1. The minimum Gasteiger partial charge on any atom is -0.497 e. The number of hydrogen-bond donors (Lipinski definition) is 1. The maximum atomic E-state index is 13.3. The summed E-state index contributed by atoms with van der Waals surface area (Å²) >= 11 is 0. The molecule has 1 saturated carbocycles. The number of carbonyl (C=O) groups is 1. The van der Waals surface area contributed by atoms with Crippen LogP contribution >= 0.6 is 0 Å². The van der Waals surface area contributed by atoms with Crippen molar-refractivity contribution in [3.05, 3.63) is 65.5 Å². The van der Waals surface area contributed by atoms with Crippen molar-refractivity contribution in [2.45, 2.75) is 50.9 Å². The Labute approximate surface area is 159 Å². The second kappa shape index (κ2) is 8.53. The van der Waals surface area contributed by atoms with Crippen molar-refractivity contribution in [2.75, 3.05) is 7.11 Å². The zero-order valence-electron chi connectivity index (χ0n) is 15.8. The summed E-state index contributed by atoms with van der Waals surface area (Å²) in [5.41, 5.74) is 1.47. The van der Waals surface area contributed by atoms with Crippen LogP contribution in [0.5, 0.6) is 5.75 Å². The third-order valence-corrected chi connectivity index (χ3v) is 5.22. The highest BCUT2D eigenvalue weighted by molar-refractivity contribution is 5.81. The highest BCUT2D eigenvalue weighted by Gasteiger charge is 2.38. The maximum Gasteiger partial charge on any atom is 0.249 e. The molecule has 1 fully saturated rings. The Balaban J connectivity index is 1.64. The number of halogens is 1. The van der Waals surface area contributed by atoms with Gasteiger partial charge in [-0.05, 0) is 55.2 Å². The lowest BCUT2D eigenvalue weighted by molar-refractivity contribution is -0.134. The third-order valence-electron chi connectivity index (χ3n) is 5.22. The van der Waals surface area contributed by atoms with Crippen LogP contribution in [0.2, 0.25) is 0 Å². The molecule has 1 N–H and O–H groups in total. The van der Waals surface area contributed by atoms with Gasteiger partial charge in [0.05, 0.1) is 19.3 Å². The van der Waals surface area contributed by atoms with Crippen LogP contribution in [0.1, 0.15) is 43.7 Å². The third kappa shape index (κ3) is 4.66. The van der Waals surface area contributed by atoms with Crippen LogP contribution in [0.25, 0.3) is 0 Å². The van der Waals surface area contributed by atoms with E-state index in [0.29, 0.717) is 6.61 Å². The molecule has 27 heavy (non-hydrogen) atoms. The summed E-state index contributed by atoms with van der Waals surface area (Å²) in [6, 6.07) is 14.0. The molecular formula is C22H26FNO3. The molecule has 1 atom stereocenters. The van der Waals surface area contributed by atoms with Gasteiger partial charge in [0.2, 0.25) is 5.91 Å². The average molecular weight is 371 g/mol. The lowest BCUT2D eigenvalue weighted by atomic mass is 9.88. The van der Waals surface area contributed by atoms with Gasteiger partial charge in [-0.15, -0.1) is 0 Å². The first-order valence-electron chi connectivity index (χ1n) is 9.35. The topological polar surface area (TPSA) is 47.6 Å². The first-order chi connectivity index (χ1) is 13.0. The minimum atomic E-state index is -0.589. The molecule has 1 aliphatic carbocycles. The van der Waals surface area contributed by atoms with Gasteiger partial charge in [0.1, 0.15) is 17.7 Å². The lowest BCUT2D eigenvalue weighted by Gasteiger charge is -2.32. The van der Waals surface area contributed by atoms with E-state index in [4.69, 9.17) is 9.47 Å². The van der Waals surface area contributed by atoms with Crippen LogP contribution in [-0.2, 0) is 21.7 Å². The molecular weight excluding hydrogens is 345 g/mol. The Bertz CT molecular complexity index is 769. The summed E-state index contributed by atoms with van der Waals surface area (Å²) in [6.45, 7) is 2.08. The normalized spacial score (nSPS) is 16.7. The van der Waals surface area contributed by atoms with E-state index in [1.54, 1.807) is 26.2 Å². The molecule has 1 unspecified atom stereocenters. The second-order valence-corrected chi connectivity index (χ2v) is 7.09. The number of rotatable bonds is 7. The Morgan fingerprint density at radius 1 is 1.19 bits per heavy atom. The van der Waals surface area contributed by atoms with Crippen molar-refractivity contribution >= 4 is 5.91 Å². The molecule has 5 heteroatoms. The van der Waals surface area contributed by atoms with Gasteiger partial charge >= 0.3 is 0 Å². The lowest BCUT2D eigenvalue weighted by Crippen LogP contribution is -2.48. The Hall–Kier alpha value is -2.40. The number of amides is 1. The molecule has 0 radical (unpaired) electrons. The summed E-state index contributed by atoms with van der Waals surface area (Å²) < 4.78 is 24.3. The van der Waals surface area contributed by atoms with Crippen LogP contribution in [0.15, 0.2) is 48.5 Å². The molecule has 0 aromatic heterocycles. The predicted molar refractivity (Wildman–Crippen MR) is 102 cm³/mol. The van der Waals surface area contributed by atoms with Crippen molar-refractivity contribution in [1.29, 1.82) is 0 Å². The first kappa shape index (κ1) is 19.4. The predicted octanol–water partition coefficient (Wildman–Crippen LogP) is 4.33. The van der Waals surface area contributed by atoms with Gasteiger partial charge in [-0.3, -0.25) is 4.79 Å². The van der Waals surface area contributed by atoms with Gasteiger partial charge < -0.3 is 14.8 Å². The van der Waals surface area contributed by atoms with Gasteiger partial charge in [0, 0.05) is 0 Å². The molecule has 0 aliphatic heterocycles. The van der Waals surface area contributed by atoms with E-state index in [1.807, 2.05) is 24.3 Å². The molecule has 2 aromatic carbocycles. The highest BCUT2D eigenvalue weighted by Crippen LogP contribution is 2.39. The number of benzene rings is 2. The van der Waals surface area contributed by atoms with Crippen molar-refractivity contribution in [3.8, 4) is 5.75 Å².